The van der Waals surface area contributed by atoms with Crippen LogP contribution in [0.3, 0.4) is 0 Å². The van der Waals surface area contributed by atoms with Crippen molar-refractivity contribution in [2.75, 3.05) is 0 Å². The van der Waals surface area contributed by atoms with Gasteiger partial charge in [-0.15, -0.1) is 0 Å². The molecule has 0 aliphatic heterocycles. The van der Waals surface area contributed by atoms with Gasteiger partial charge in [-0.3, -0.25) is 4.79 Å². The third kappa shape index (κ3) is 3.11. The van der Waals surface area contributed by atoms with Gasteiger partial charge in [0.1, 0.15) is 0 Å². The second kappa shape index (κ2) is 2.72. The molecule has 0 radical (unpaired) electrons. The molecule has 2 nitrogen and oxygen atoms in total. The van der Waals surface area contributed by atoms with Gasteiger partial charge in [-0.2, -0.15) is 13.2 Å². The fourth-order valence-electron chi connectivity index (χ4n) is 0.265. The first-order valence-corrected chi connectivity index (χ1v) is 2.37. The van der Waals surface area contributed by atoms with Gasteiger partial charge in [0.2, 0.25) is 0 Å². The van der Waals surface area contributed by atoms with Crippen LogP contribution in [0.15, 0.2) is 12.3 Å². The van der Waals surface area contributed by atoms with Crippen LogP contribution in [0.4, 0.5) is 13.2 Å². The van der Waals surface area contributed by atoms with Crippen LogP contribution >= 0.6 is 0 Å². The maximum absolute atomic E-state index is 11.4. The molecular weight excluding hydrogens is 147 g/mol. The highest BCUT2D eigenvalue weighted by Gasteiger charge is 2.38. The lowest BCUT2D eigenvalue weighted by Crippen LogP contribution is -2.35. The second-order valence-corrected chi connectivity index (χ2v) is 1.73. The molecule has 1 N–H and O–H groups in total. The van der Waals surface area contributed by atoms with Crippen LogP contribution in [0.5, 0.6) is 0 Å². The molecule has 0 aromatic rings. The van der Waals surface area contributed by atoms with Crippen LogP contribution in [0.25, 0.3) is 0 Å². The van der Waals surface area contributed by atoms with E-state index in [1.165, 1.54) is 12.2 Å². The zero-order valence-corrected chi connectivity index (χ0v) is 5.25. The fraction of sp³-hybridized carbons (Fsp3) is 0.400. The molecule has 0 fully saturated rings. The van der Waals surface area contributed by atoms with E-state index in [-0.39, 0.29) is 5.70 Å². The summed E-state index contributed by atoms with van der Waals surface area (Å²) in [6, 6.07) is 0. The predicted molar refractivity (Wildman–Crippen MR) is 29.0 cm³/mol. The highest BCUT2D eigenvalue weighted by atomic mass is 19.4. The predicted octanol–water partition coefficient (Wildman–Crippen LogP) is 1.20. The Labute approximate surface area is 55.7 Å². The highest BCUT2D eigenvalue weighted by molar-refractivity contribution is 5.83. The average Bonchev–Trinajstić information content (AvgIpc) is 1.60. The number of carbonyl (C=O) groups is 1. The van der Waals surface area contributed by atoms with Gasteiger partial charge >= 0.3 is 12.1 Å². The molecule has 0 bridgehead atoms. The Hall–Kier alpha value is -1.00. The first-order valence-electron chi connectivity index (χ1n) is 2.37. The van der Waals surface area contributed by atoms with Crippen molar-refractivity contribution in [1.82, 2.24) is 5.32 Å². The quantitative estimate of drug-likeness (QED) is 0.602. The smallest absolute Gasteiger partial charge is 0.323 e. The summed E-state index contributed by atoms with van der Waals surface area (Å²) in [5.41, 5.74) is -0.0256. The Kier molecular flexibility index (Phi) is 2.45. The van der Waals surface area contributed by atoms with Gasteiger partial charge in [0.25, 0.3) is 0 Å². The van der Waals surface area contributed by atoms with E-state index in [1.807, 2.05) is 0 Å². The van der Waals surface area contributed by atoms with E-state index >= 15 is 0 Å². The fourth-order valence-corrected chi connectivity index (χ4v) is 0.265. The van der Waals surface area contributed by atoms with Crippen LogP contribution in [0.1, 0.15) is 6.92 Å². The summed E-state index contributed by atoms with van der Waals surface area (Å²) in [6.45, 7) is 4.34. The standard InChI is InChI=1S/C5H6F3NO/c1-3(2)9-4(10)5(6,7)8/h1H2,2H3,(H,9,10). The zero-order chi connectivity index (χ0) is 8.36. The molecular formula is C5H6F3NO. The molecule has 0 aliphatic carbocycles. The van der Waals surface area contributed by atoms with Gasteiger partial charge < -0.3 is 5.32 Å². The van der Waals surface area contributed by atoms with Crippen LogP contribution in [-0.2, 0) is 4.79 Å². The lowest BCUT2D eigenvalue weighted by Gasteiger charge is -2.05. The highest BCUT2D eigenvalue weighted by Crippen LogP contribution is 2.14. The summed E-state index contributed by atoms with van der Waals surface area (Å²) < 4.78 is 34.1. The number of hydrogen-bond acceptors (Lipinski definition) is 1. The van der Waals surface area contributed by atoms with Crippen molar-refractivity contribution < 1.29 is 18.0 Å². The monoisotopic (exact) mass is 153 g/mol. The average molecular weight is 153 g/mol. The number of rotatable bonds is 1. The summed E-state index contributed by atoms with van der Waals surface area (Å²) >= 11 is 0. The molecule has 0 spiro atoms. The summed E-state index contributed by atoms with van der Waals surface area (Å²) in [7, 11) is 0. The maximum Gasteiger partial charge on any atom is 0.471 e. The summed E-state index contributed by atoms with van der Waals surface area (Å²) in [5.74, 6) is -1.99. The minimum atomic E-state index is -4.82. The number of amides is 1. The van der Waals surface area contributed by atoms with Crippen molar-refractivity contribution >= 4 is 5.91 Å². The molecule has 0 saturated carbocycles. The zero-order valence-electron chi connectivity index (χ0n) is 5.25. The van der Waals surface area contributed by atoms with E-state index in [4.69, 9.17) is 0 Å². The Balaban J connectivity index is 3.99. The number of nitrogens with one attached hydrogen (secondary N) is 1. The van der Waals surface area contributed by atoms with E-state index in [9.17, 15) is 18.0 Å². The Bertz CT molecular complexity index is 161. The van der Waals surface area contributed by atoms with Gasteiger partial charge in [-0.25, -0.2) is 0 Å². The van der Waals surface area contributed by atoms with E-state index in [1.54, 1.807) is 0 Å². The maximum atomic E-state index is 11.4. The molecule has 10 heavy (non-hydrogen) atoms. The van der Waals surface area contributed by atoms with Crippen LogP contribution in [-0.4, -0.2) is 12.1 Å². The molecule has 5 heteroatoms. The first kappa shape index (κ1) is 9.00. The second-order valence-electron chi connectivity index (χ2n) is 1.73. The van der Waals surface area contributed by atoms with Crippen molar-refractivity contribution in [3.63, 3.8) is 0 Å². The number of alkyl halides is 3. The minimum absolute atomic E-state index is 0.0256. The molecule has 0 aromatic carbocycles. The van der Waals surface area contributed by atoms with Gasteiger partial charge in [0, 0.05) is 5.70 Å². The molecule has 0 saturated heterocycles. The van der Waals surface area contributed by atoms with Gasteiger partial charge in [0.05, 0.1) is 0 Å². The largest absolute Gasteiger partial charge is 0.471 e. The lowest BCUT2D eigenvalue weighted by molar-refractivity contribution is -0.172. The molecule has 1 amide bonds. The van der Waals surface area contributed by atoms with Crippen LogP contribution < -0.4 is 5.32 Å². The topological polar surface area (TPSA) is 29.1 Å². The molecule has 0 aliphatic rings. The molecule has 58 valence electrons. The normalized spacial score (nSPS) is 10.8. The van der Waals surface area contributed by atoms with Gasteiger partial charge in [-0.05, 0) is 6.92 Å². The van der Waals surface area contributed by atoms with Crippen molar-refractivity contribution in [3.05, 3.63) is 12.3 Å². The van der Waals surface area contributed by atoms with Crippen molar-refractivity contribution in [2.24, 2.45) is 0 Å². The Morgan fingerprint density at radius 2 is 1.90 bits per heavy atom. The third-order valence-corrected chi connectivity index (χ3v) is 0.584. The Morgan fingerprint density at radius 3 is 2.00 bits per heavy atom. The van der Waals surface area contributed by atoms with Crippen molar-refractivity contribution in [2.45, 2.75) is 13.1 Å². The van der Waals surface area contributed by atoms with Gasteiger partial charge in [-0.1, -0.05) is 6.58 Å². The molecule has 0 rings (SSSR count). The van der Waals surface area contributed by atoms with Crippen LogP contribution in [0.2, 0.25) is 0 Å². The molecule has 0 atom stereocenters. The summed E-state index contributed by atoms with van der Waals surface area (Å²) in [6.07, 6.45) is -4.82. The van der Waals surface area contributed by atoms with E-state index in [2.05, 4.69) is 6.58 Å². The van der Waals surface area contributed by atoms with Crippen molar-refractivity contribution in [3.8, 4) is 0 Å². The lowest BCUT2D eigenvalue weighted by atomic mass is 10.5. The molecule has 0 aromatic heterocycles. The minimum Gasteiger partial charge on any atom is -0.323 e. The SMILES string of the molecule is C=C(C)NC(=O)C(F)(F)F. The number of carbonyl (C=O) groups excluding carboxylic acids is 1. The van der Waals surface area contributed by atoms with E-state index < -0.39 is 12.1 Å². The first-order chi connectivity index (χ1) is 4.34. The van der Waals surface area contributed by atoms with Crippen LogP contribution in [0, 0.1) is 0 Å². The molecule has 0 unspecified atom stereocenters. The Morgan fingerprint density at radius 1 is 1.50 bits per heavy atom. The summed E-state index contributed by atoms with van der Waals surface area (Å²) in [5, 5.41) is 1.52. The third-order valence-electron chi connectivity index (χ3n) is 0.584. The van der Waals surface area contributed by atoms with E-state index in [0.29, 0.717) is 0 Å². The van der Waals surface area contributed by atoms with Gasteiger partial charge in [0.15, 0.2) is 0 Å². The molecule has 0 heterocycles. The number of halogens is 3. The number of hydrogen-bond donors (Lipinski definition) is 1. The number of allylic oxidation sites excluding steroid dienone is 1. The summed E-state index contributed by atoms with van der Waals surface area (Å²) in [4.78, 5) is 9.98. The van der Waals surface area contributed by atoms with Crippen molar-refractivity contribution in [1.29, 1.82) is 0 Å². The van der Waals surface area contributed by atoms with E-state index in [0.717, 1.165) is 0 Å².